The van der Waals surface area contributed by atoms with E-state index in [9.17, 15) is 0 Å². The molecule has 1 aliphatic rings. The minimum atomic E-state index is -0.924. The van der Waals surface area contributed by atoms with Gasteiger partial charge in [-0.25, -0.2) is 4.98 Å². The maximum atomic E-state index is 8.70. The number of hydrogen-bond acceptors (Lipinski definition) is 3. The summed E-state index contributed by atoms with van der Waals surface area (Å²) in [4.78, 5) is 3.72. The largest absolute Gasteiger partial charge is 0.376 e. The molecule has 0 radical (unpaired) electrons. The molecule has 7 heteroatoms. The van der Waals surface area contributed by atoms with Crippen molar-refractivity contribution in [3.8, 4) is 0 Å². The number of aliphatic hydroxyl groups is 1. The van der Waals surface area contributed by atoms with Gasteiger partial charge in [0.05, 0.1) is 6.54 Å². The number of nitrogens with one attached hydrogen (secondary N) is 1. The van der Waals surface area contributed by atoms with Crippen LogP contribution in [-0.2, 0) is 13.0 Å². The second-order valence-electron chi connectivity index (χ2n) is 4.72. The Morgan fingerprint density at radius 2 is 2.00 bits per heavy atom. The number of aryl methyl sites for hydroxylation is 1. The van der Waals surface area contributed by atoms with Crippen LogP contribution in [0.5, 0.6) is 0 Å². The number of rotatable bonds is 3. The van der Waals surface area contributed by atoms with Gasteiger partial charge in [0.25, 0.3) is 0 Å². The van der Waals surface area contributed by atoms with Crippen LogP contribution in [0.15, 0.2) is 30.6 Å². The molecule has 1 heterocycles. The Balaban J connectivity index is 0.000000185. The number of alkyl halides is 1. The predicted octanol–water partition coefficient (Wildman–Crippen LogP) is 4.57. The number of H-pyrrole nitrogens is 1. The van der Waals surface area contributed by atoms with E-state index in [2.05, 4.69) is 17.0 Å². The maximum Gasteiger partial charge on any atom is 0.215 e. The van der Waals surface area contributed by atoms with Crippen molar-refractivity contribution in [3.63, 3.8) is 0 Å². The fourth-order valence-electron chi connectivity index (χ4n) is 1.35. The van der Waals surface area contributed by atoms with Crippen molar-refractivity contribution in [3.05, 3.63) is 45.9 Å². The van der Waals surface area contributed by atoms with E-state index in [1.165, 1.54) is 35.8 Å². The predicted molar refractivity (Wildman–Crippen MR) is 94.0 cm³/mol. The van der Waals surface area contributed by atoms with E-state index < -0.39 is 5.56 Å². The van der Waals surface area contributed by atoms with Gasteiger partial charge < -0.3 is 5.11 Å². The Morgan fingerprint density at radius 3 is 2.36 bits per heavy atom. The zero-order chi connectivity index (χ0) is 16.4. The molecule has 1 aromatic carbocycles. The Kier molecular flexibility index (Phi) is 9.39. The number of halogens is 2. The highest BCUT2D eigenvalue weighted by Gasteiger charge is 1.99. The lowest BCUT2D eigenvalue weighted by Gasteiger charge is -2.00. The van der Waals surface area contributed by atoms with Gasteiger partial charge >= 0.3 is 0 Å². The molecule has 1 unspecified atom stereocenters. The molecule has 0 spiro atoms. The highest BCUT2D eigenvalue weighted by Crippen LogP contribution is 2.15. The van der Waals surface area contributed by atoms with Gasteiger partial charge in [0.15, 0.2) is 0 Å². The molecule has 1 saturated carbocycles. The van der Waals surface area contributed by atoms with E-state index in [4.69, 9.17) is 40.5 Å². The number of aliphatic hydroxyl groups excluding tert-OH is 1. The molecule has 0 aliphatic heterocycles. The summed E-state index contributed by atoms with van der Waals surface area (Å²) in [6, 6.07) is 7.91. The van der Waals surface area contributed by atoms with Gasteiger partial charge in [-0.1, -0.05) is 67.6 Å². The molecule has 0 bridgehead atoms. The smallest absolute Gasteiger partial charge is 0.215 e. The van der Waals surface area contributed by atoms with Crippen LogP contribution < -0.4 is 0 Å². The molecule has 1 aliphatic carbocycles. The molecular formula is C15H21Cl2N3OS. The van der Waals surface area contributed by atoms with Gasteiger partial charge in [0.2, 0.25) is 4.77 Å². The summed E-state index contributed by atoms with van der Waals surface area (Å²) in [7, 11) is 0. The first-order valence-corrected chi connectivity index (χ1v) is 8.42. The summed E-state index contributed by atoms with van der Waals surface area (Å²) in [6.45, 7) is 2.33. The molecule has 0 amide bonds. The third-order valence-corrected chi connectivity index (χ3v) is 3.48. The van der Waals surface area contributed by atoms with Gasteiger partial charge in [-0.15, -0.1) is 0 Å². The highest BCUT2D eigenvalue weighted by molar-refractivity contribution is 7.71. The summed E-state index contributed by atoms with van der Waals surface area (Å²) >= 11 is 15.9. The third kappa shape index (κ3) is 8.54. The average molecular weight is 362 g/mol. The average Bonchev–Trinajstić information content (AvgIpc) is 3.31. The van der Waals surface area contributed by atoms with Gasteiger partial charge in [-0.05, 0) is 30.3 Å². The molecule has 2 N–H and O–H groups in total. The van der Waals surface area contributed by atoms with E-state index in [-0.39, 0.29) is 6.54 Å². The van der Waals surface area contributed by atoms with Crippen LogP contribution in [0.3, 0.4) is 0 Å². The molecule has 22 heavy (non-hydrogen) atoms. The Labute approximate surface area is 146 Å². The standard InChI is InChI=1S/C8H9Cl.C4H6ClN3OS.C3H6/c1-2-7-5-3-4-6-8(7)9;5-3(9)1-8-4(10)6-2-7-8;1-2-3-1/h3-6H,2H2,1H3;2-3,9H,1H2,(H,6,7,10);1-3H2. The molecule has 122 valence electrons. The first-order chi connectivity index (χ1) is 10.5. The maximum absolute atomic E-state index is 8.70. The first kappa shape index (κ1) is 19.2. The van der Waals surface area contributed by atoms with Crippen LogP contribution in [0.2, 0.25) is 5.02 Å². The quantitative estimate of drug-likeness (QED) is 0.621. The third-order valence-electron chi connectivity index (χ3n) is 2.64. The molecule has 2 aromatic rings. The number of aromatic amines is 1. The second kappa shape index (κ2) is 10.8. The number of benzene rings is 1. The summed E-state index contributed by atoms with van der Waals surface area (Å²) in [5, 5.41) is 12.3. The molecule has 1 aromatic heterocycles. The van der Waals surface area contributed by atoms with Crippen molar-refractivity contribution >= 4 is 35.4 Å². The van der Waals surface area contributed by atoms with Crippen LogP contribution in [0, 0.1) is 4.77 Å². The molecule has 0 saturated heterocycles. The Hall–Kier alpha value is -0.880. The van der Waals surface area contributed by atoms with E-state index in [0.29, 0.717) is 4.77 Å². The van der Waals surface area contributed by atoms with Crippen molar-refractivity contribution in [1.29, 1.82) is 0 Å². The summed E-state index contributed by atoms with van der Waals surface area (Å²) < 4.78 is 1.87. The second-order valence-corrected chi connectivity index (χ2v) is 6.00. The summed E-state index contributed by atoms with van der Waals surface area (Å²) in [5.74, 6) is 0. The summed E-state index contributed by atoms with van der Waals surface area (Å²) in [5.41, 5.74) is 0.298. The SMILES string of the molecule is C1CC1.CCc1ccccc1Cl.OC(Cl)Cn1[nH]cnc1=S. The van der Waals surface area contributed by atoms with E-state index in [1.54, 1.807) is 0 Å². The van der Waals surface area contributed by atoms with Gasteiger partial charge in [0.1, 0.15) is 11.9 Å². The van der Waals surface area contributed by atoms with Crippen LogP contribution in [-0.4, -0.2) is 25.4 Å². The van der Waals surface area contributed by atoms with E-state index in [1.807, 2.05) is 24.3 Å². The molecular weight excluding hydrogens is 341 g/mol. The molecule has 3 rings (SSSR count). The summed E-state index contributed by atoms with van der Waals surface area (Å²) in [6.07, 6.45) is 6.96. The zero-order valence-corrected chi connectivity index (χ0v) is 14.8. The number of nitrogens with zero attached hydrogens (tertiary/aromatic N) is 2. The van der Waals surface area contributed by atoms with Crippen molar-refractivity contribution in [1.82, 2.24) is 14.8 Å². The van der Waals surface area contributed by atoms with Crippen molar-refractivity contribution in [2.75, 3.05) is 0 Å². The normalized spacial score (nSPS) is 13.3. The highest BCUT2D eigenvalue weighted by atomic mass is 35.5. The first-order valence-electron chi connectivity index (χ1n) is 7.20. The molecule has 1 fully saturated rings. The van der Waals surface area contributed by atoms with Crippen molar-refractivity contribution in [2.45, 2.75) is 44.7 Å². The number of aromatic nitrogens is 3. The monoisotopic (exact) mass is 361 g/mol. The van der Waals surface area contributed by atoms with Gasteiger partial charge in [-0.3, -0.25) is 9.78 Å². The van der Waals surface area contributed by atoms with Crippen molar-refractivity contribution in [2.24, 2.45) is 0 Å². The van der Waals surface area contributed by atoms with Crippen LogP contribution >= 0.6 is 35.4 Å². The van der Waals surface area contributed by atoms with E-state index >= 15 is 0 Å². The topological polar surface area (TPSA) is 53.8 Å². The number of hydrogen-bond donors (Lipinski definition) is 2. The van der Waals surface area contributed by atoms with Crippen LogP contribution in [0.25, 0.3) is 0 Å². The lowest BCUT2D eigenvalue weighted by atomic mass is 10.2. The Morgan fingerprint density at radius 1 is 1.36 bits per heavy atom. The van der Waals surface area contributed by atoms with Crippen LogP contribution in [0.4, 0.5) is 0 Å². The zero-order valence-electron chi connectivity index (χ0n) is 12.5. The minimum absolute atomic E-state index is 0.236. The van der Waals surface area contributed by atoms with Crippen LogP contribution in [0.1, 0.15) is 31.7 Å². The molecule has 4 nitrogen and oxygen atoms in total. The van der Waals surface area contributed by atoms with Crippen molar-refractivity contribution < 1.29 is 5.11 Å². The minimum Gasteiger partial charge on any atom is -0.376 e. The molecule has 1 atom stereocenters. The van der Waals surface area contributed by atoms with E-state index in [0.717, 1.165) is 11.4 Å². The fraction of sp³-hybridized carbons (Fsp3) is 0.467. The Bertz CT molecular complexity index is 593. The van der Waals surface area contributed by atoms with Gasteiger partial charge in [0, 0.05) is 5.02 Å². The lowest BCUT2D eigenvalue weighted by molar-refractivity contribution is 0.227. The lowest BCUT2D eigenvalue weighted by Crippen LogP contribution is -2.10. The van der Waals surface area contributed by atoms with Gasteiger partial charge in [-0.2, -0.15) is 0 Å². The fourth-order valence-corrected chi connectivity index (χ4v) is 1.93.